The van der Waals surface area contributed by atoms with Crippen LogP contribution < -0.4 is 5.73 Å². The van der Waals surface area contributed by atoms with E-state index in [0.29, 0.717) is 11.6 Å². The lowest BCUT2D eigenvalue weighted by atomic mass is 10.1. The first-order valence-electron chi connectivity index (χ1n) is 5.50. The summed E-state index contributed by atoms with van der Waals surface area (Å²) in [4.78, 5) is 15.6. The molecule has 2 rings (SSSR count). The standard InChI is InChI=1S/C11H17N3O/c1-7(2)11-13-9(10(12)15)8-5-3-4-6-14(8)11/h7H,3-6H2,1-2H3,(H2,12,15). The molecule has 0 unspecified atom stereocenters. The second kappa shape index (κ2) is 3.68. The number of primary amides is 1. The minimum Gasteiger partial charge on any atom is -0.364 e. The van der Waals surface area contributed by atoms with E-state index in [4.69, 9.17) is 5.73 Å². The summed E-state index contributed by atoms with van der Waals surface area (Å²) < 4.78 is 2.17. The number of carbonyl (C=O) groups is 1. The Balaban J connectivity index is 2.54. The van der Waals surface area contributed by atoms with Gasteiger partial charge in [-0.15, -0.1) is 0 Å². The van der Waals surface area contributed by atoms with Crippen molar-refractivity contribution >= 4 is 5.91 Å². The molecule has 2 heterocycles. The molecular weight excluding hydrogens is 190 g/mol. The van der Waals surface area contributed by atoms with Crippen molar-refractivity contribution in [2.75, 3.05) is 0 Å². The number of fused-ring (bicyclic) bond motifs is 1. The van der Waals surface area contributed by atoms with Crippen molar-refractivity contribution in [3.63, 3.8) is 0 Å². The molecule has 0 radical (unpaired) electrons. The summed E-state index contributed by atoms with van der Waals surface area (Å²) in [5, 5.41) is 0. The highest BCUT2D eigenvalue weighted by molar-refractivity contribution is 5.92. The van der Waals surface area contributed by atoms with Gasteiger partial charge in [0, 0.05) is 12.5 Å². The van der Waals surface area contributed by atoms with Gasteiger partial charge >= 0.3 is 0 Å². The quantitative estimate of drug-likeness (QED) is 0.797. The minimum atomic E-state index is -0.396. The van der Waals surface area contributed by atoms with E-state index >= 15 is 0 Å². The van der Waals surface area contributed by atoms with E-state index in [9.17, 15) is 4.79 Å². The lowest BCUT2D eigenvalue weighted by Gasteiger charge is -2.18. The fourth-order valence-electron chi connectivity index (χ4n) is 2.21. The topological polar surface area (TPSA) is 60.9 Å². The second-order valence-electron chi connectivity index (χ2n) is 4.39. The van der Waals surface area contributed by atoms with Gasteiger partial charge in [0.25, 0.3) is 5.91 Å². The Bertz CT molecular complexity index is 393. The summed E-state index contributed by atoms with van der Waals surface area (Å²) in [6, 6.07) is 0. The fraction of sp³-hybridized carbons (Fsp3) is 0.636. The SMILES string of the molecule is CC(C)c1nc(C(N)=O)c2n1CCCC2. The van der Waals surface area contributed by atoms with Gasteiger partial charge in [-0.3, -0.25) is 4.79 Å². The molecule has 1 aromatic heterocycles. The van der Waals surface area contributed by atoms with Gasteiger partial charge < -0.3 is 10.3 Å². The van der Waals surface area contributed by atoms with Crippen LogP contribution in [0.5, 0.6) is 0 Å². The van der Waals surface area contributed by atoms with Gasteiger partial charge in [-0.1, -0.05) is 13.8 Å². The van der Waals surface area contributed by atoms with Crippen LogP contribution in [0.4, 0.5) is 0 Å². The Hall–Kier alpha value is -1.32. The maximum atomic E-state index is 11.3. The number of aromatic nitrogens is 2. The molecule has 1 amide bonds. The van der Waals surface area contributed by atoms with Crippen LogP contribution in [0.2, 0.25) is 0 Å². The van der Waals surface area contributed by atoms with Crippen molar-refractivity contribution < 1.29 is 4.79 Å². The van der Waals surface area contributed by atoms with E-state index < -0.39 is 5.91 Å². The largest absolute Gasteiger partial charge is 0.364 e. The number of nitrogens with two attached hydrogens (primary N) is 1. The zero-order valence-corrected chi connectivity index (χ0v) is 9.29. The van der Waals surface area contributed by atoms with Crippen LogP contribution in [0, 0.1) is 0 Å². The van der Waals surface area contributed by atoms with E-state index in [-0.39, 0.29) is 0 Å². The summed E-state index contributed by atoms with van der Waals surface area (Å²) in [6.45, 7) is 5.16. The van der Waals surface area contributed by atoms with Crippen LogP contribution >= 0.6 is 0 Å². The van der Waals surface area contributed by atoms with Gasteiger partial charge in [0.15, 0.2) is 0 Å². The molecule has 0 atom stereocenters. The third-order valence-corrected chi connectivity index (χ3v) is 2.90. The smallest absolute Gasteiger partial charge is 0.269 e. The van der Waals surface area contributed by atoms with Gasteiger partial charge in [0.05, 0.1) is 5.69 Å². The molecule has 2 N–H and O–H groups in total. The minimum absolute atomic E-state index is 0.343. The highest BCUT2D eigenvalue weighted by atomic mass is 16.1. The Morgan fingerprint density at radius 2 is 2.20 bits per heavy atom. The molecule has 4 heteroatoms. The third-order valence-electron chi connectivity index (χ3n) is 2.90. The molecule has 0 fully saturated rings. The van der Waals surface area contributed by atoms with E-state index in [1.165, 1.54) is 6.42 Å². The molecule has 0 aliphatic carbocycles. The maximum Gasteiger partial charge on any atom is 0.269 e. The monoisotopic (exact) mass is 207 g/mol. The average Bonchev–Trinajstić information content (AvgIpc) is 2.56. The van der Waals surface area contributed by atoms with Crippen LogP contribution in [0.3, 0.4) is 0 Å². The van der Waals surface area contributed by atoms with Gasteiger partial charge in [0.1, 0.15) is 11.5 Å². The van der Waals surface area contributed by atoms with Crippen molar-refractivity contribution in [2.45, 2.75) is 45.6 Å². The molecule has 1 aromatic rings. The number of carbonyl (C=O) groups excluding carboxylic acids is 1. The lowest BCUT2D eigenvalue weighted by molar-refractivity contribution is 0.0994. The molecule has 1 aliphatic rings. The number of hydrogen-bond acceptors (Lipinski definition) is 2. The first kappa shape index (κ1) is 10.2. The number of hydrogen-bond donors (Lipinski definition) is 1. The Morgan fingerprint density at radius 1 is 1.47 bits per heavy atom. The number of rotatable bonds is 2. The van der Waals surface area contributed by atoms with Crippen molar-refractivity contribution in [2.24, 2.45) is 5.73 Å². The first-order chi connectivity index (χ1) is 7.11. The lowest BCUT2D eigenvalue weighted by Crippen LogP contribution is -2.18. The molecule has 1 aliphatic heterocycles. The summed E-state index contributed by atoms with van der Waals surface area (Å²) in [7, 11) is 0. The van der Waals surface area contributed by atoms with E-state index in [0.717, 1.165) is 30.9 Å². The molecule has 0 saturated heterocycles. The molecule has 82 valence electrons. The molecule has 0 aromatic carbocycles. The van der Waals surface area contributed by atoms with E-state index in [1.54, 1.807) is 0 Å². The molecule has 0 spiro atoms. The Labute approximate surface area is 89.5 Å². The predicted molar refractivity (Wildman–Crippen MR) is 57.8 cm³/mol. The van der Waals surface area contributed by atoms with E-state index in [1.807, 2.05) is 0 Å². The molecular formula is C11H17N3O. The van der Waals surface area contributed by atoms with Crippen molar-refractivity contribution in [3.05, 3.63) is 17.2 Å². The fourth-order valence-corrected chi connectivity index (χ4v) is 2.21. The summed E-state index contributed by atoms with van der Waals surface area (Å²) in [5.41, 5.74) is 6.86. The summed E-state index contributed by atoms with van der Waals surface area (Å²) in [5.74, 6) is 0.945. The predicted octanol–water partition coefficient (Wildman–Crippen LogP) is 1.44. The zero-order valence-electron chi connectivity index (χ0n) is 9.29. The highest BCUT2D eigenvalue weighted by Gasteiger charge is 2.23. The van der Waals surface area contributed by atoms with Crippen LogP contribution in [0.1, 0.15) is 54.6 Å². The van der Waals surface area contributed by atoms with E-state index in [2.05, 4.69) is 23.4 Å². The normalized spacial score (nSPS) is 15.4. The van der Waals surface area contributed by atoms with Gasteiger partial charge in [-0.25, -0.2) is 4.98 Å². The van der Waals surface area contributed by atoms with Crippen molar-refractivity contribution in [3.8, 4) is 0 Å². The number of amides is 1. The second-order valence-corrected chi connectivity index (χ2v) is 4.39. The zero-order chi connectivity index (χ0) is 11.0. The van der Waals surface area contributed by atoms with Crippen LogP contribution in [-0.2, 0) is 13.0 Å². The average molecular weight is 207 g/mol. The molecule has 0 bridgehead atoms. The van der Waals surface area contributed by atoms with Gasteiger partial charge in [0.2, 0.25) is 0 Å². The summed E-state index contributed by atoms with van der Waals surface area (Å²) in [6.07, 6.45) is 3.22. The Morgan fingerprint density at radius 3 is 2.80 bits per heavy atom. The molecule has 0 saturated carbocycles. The number of nitrogens with zero attached hydrogens (tertiary/aromatic N) is 2. The van der Waals surface area contributed by atoms with Crippen LogP contribution in [0.15, 0.2) is 0 Å². The van der Waals surface area contributed by atoms with Gasteiger partial charge in [-0.05, 0) is 19.3 Å². The third kappa shape index (κ3) is 1.64. The van der Waals surface area contributed by atoms with Crippen molar-refractivity contribution in [1.82, 2.24) is 9.55 Å². The van der Waals surface area contributed by atoms with Crippen LogP contribution in [0.25, 0.3) is 0 Å². The number of imidazole rings is 1. The maximum absolute atomic E-state index is 11.3. The molecule has 15 heavy (non-hydrogen) atoms. The first-order valence-corrected chi connectivity index (χ1v) is 5.50. The highest BCUT2D eigenvalue weighted by Crippen LogP contribution is 2.24. The van der Waals surface area contributed by atoms with Gasteiger partial charge in [-0.2, -0.15) is 0 Å². The molecule has 4 nitrogen and oxygen atoms in total. The van der Waals surface area contributed by atoms with Crippen LogP contribution in [-0.4, -0.2) is 15.5 Å². The Kier molecular flexibility index (Phi) is 2.50. The summed E-state index contributed by atoms with van der Waals surface area (Å²) >= 11 is 0. The van der Waals surface area contributed by atoms with Crippen molar-refractivity contribution in [1.29, 1.82) is 0 Å².